The van der Waals surface area contributed by atoms with E-state index in [9.17, 15) is 0 Å². The fourth-order valence-corrected chi connectivity index (χ4v) is 4.33. The summed E-state index contributed by atoms with van der Waals surface area (Å²) in [4.78, 5) is 2.82. The van der Waals surface area contributed by atoms with E-state index in [4.69, 9.17) is 0 Å². The van der Waals surface area contributed by atoms with Crippen LogP contribution >= 0.6 is 0 Å². The lowest BCUT2D eigenvalue weighted by atomic mass is 9.96. The van der Waals surface area contributed by atoms with Crippen LogP contribution < -0.4 is 5.32 Å². The Balaban J connectivity index is 1.68. The van der Waals surface area contributed by atoms with Gasteiger partial charge in [-0.1, -0.05) is 24.3 Å². The van der Waals surface area contributed by atoms with Crippen molar-refractivity contribution in [1.29, 1.82) is 0 Å². The molecular weight excluding hydrogens is 220 g/mol. The van der Waals surface area contributed by atoms with Crippen molar-refractivity contribution in [3.63, 3.8) is 0 Å². The van der Waals surface area contributed by atoms with Crippen molar-refractivity contribution >= 4 is 0 Å². The molecule has 3 atom stereocenters. The lowest BCUT2D eigenvalue weighted by Crippen LogP contribution is -2.36. The molecule has 96 valence electrons. The molecule has 1 aromatic rings. The minimum absolute atomic E-state index is 0.673. The van der Waals surface area contributed by atoms with Gasteiger partial charge in [0.1, 0.15) is 0 Å². The summed E-state index contributed by atoms with van der Waals surface area (Å²) in [5.74, 6) is 0.998. The third kappa shape index (κ3) is 1.70. The molecule has 2 heterocycles. The number of benzene rings is 1. The molecule has 0 amide bonds. The number of fused-ring (bicyclic) bond motifs is 3. The summed E-state index contributed by atoms with van der Waals surface area (Å²) >= 11 is 0. The maximum Gasteiger partial charge on any atom is 0.0366 e. The van der Waals surface area contributed by atoms with Crippen molar-refractivity contribution in [2.24, 2.45) is 5.92 Å². The van der Waals surface area contributed by atoms with E-state index < -0.39 is 0 Å². The first kappa shape index (κ1) is 11.0. The molecule has 2 heteroatoms. The molecular formula is C16H22N2. The highest BCUT2D eigenvalue weighted by atomic mass is 15.2. The fraction of sp³-hybridized carbons (Fsp3) is 0.625. The van der Waals surface area contributed by atoms with Gasteiger partial charge in [0, 0.05) is 25.2 Å². The van der Waals surface area contributed by atoms with Crippen LogP contribution in [0.4, 0.5) is 0 Å². The van der Waals surface area contributed by atoms with E-state index in [-0.39, 0.29) is 0 Å². The molecule has 3 aliphatic rings. The summed E-state index contributed by atoms with van der Waals surface area (Å²) in [5, 5.41) is 3.57. The molecule has 1 aliphatic carbocycles. The van der Waals surface area contributed by atoms with Crippen LogP contribution in [0.5, 0.6) is 0 Å². The third-order valence-corrected chi connectivity index (χ3v) is 5.18. The Morgan fingerprint density at radius 2 is 2.06 bits per heavy atom. The number of piperidine rings is 1. The first-order valence-corrected chi connectivity index (χ1v) is 7.46. The second-order valence-electron chi connectivity index (χ2n) is 6.21. The van der Waals surface area contributed by atoms with Crippen molar-refractivity contribution in [3.8, 4) is 0 Å². The van der Waals surface area contributed by atoms with Gasteiger partial charge in [-0.25, -0.2) is 0 Å². The van der Waals surface area contributed by atoms with E-state index in [0.29, 0.717) is 6.04 Å². The summed E-state index contributed by atoms with van der Waals surface area (Å²) in [5.41, 5.74) is 3.11. The van der Waals surface area contributed by atoms with E-state index >= 15 is 0 Å². The zero-order chi connectivity index (χ0) is 11.9. The molecule has 1 N–H and O–H groups in total. The minimum atomic E-state index is 0.673. The van der Waals surface area contributed by atoms with E-state index in [2.05, 4.69) is 34.5 Å². The number of nitrogens with one attached hydrogen (secondary N) is 1. The van der Waals surface area contributed by atoms with Crippen LogP contribution in [0.3, 0.4) is 0 Å². The SMILES string of the molecule is c1ccc2c(c1)CNCCC2N1CC2CCC1C2. The Kier molecular flexibility index (Phi) is 2.66. The number of hydrogen-bond acceptors (Lipinski definition) is 2. The molecule has 0 spiro atoms. The highest BCUT2D eigenvalue weighted by molar-refractivity contribution is 5.31. The largest absolute Gasteiger partial charge is 0.313 e. The highest BCUT2D eigenvalue weighted by Crippen LogP contribution is 2.43. The number of rotatable bonds is 1. The van der Waals surface area contributed by atoms with Crippen LogP contribution in [0.25, 0.3) is 0 Å². The summed E-state index contributed by atoms with van der Waals surface area (Å²) in [6.07, 6.45) is 5.66. The predicted octanol–water partition coefficient (Wildman–Crippen LogP) is 2.71. The highest BCUT2D eigenvalue weighted by Gasteiger charge is 2.41. The summed E-state index contributed by atoms with van der Waals surface area (Å²) < 4.78 is 0. The lowest BCUT2D eigenvalue weighted by Gasteiger charge is -2.35. The molecule has 2 fully saturated rings. The zero-order valence-electron chi connectivity index (χ0n) is 10.9. The average molecular weight is 242 g/mol. The topological polar surface area (TPSA) is 15.3 Å². The predicted molar refractivity (Wildman–Crippen MR) is 73.3 cm³/mol. The lowest BCUT2D eigenvalue weighted by molar-refractivity contribution is 0.143. The molecule has 2 aliphatic heterocycles. The molecule has 1 aromatic carbocycles. The second-order valence-corrected chi connectivity index (χ2v) is 6.21. The molecule has 4 rings (SSSR count). The van der Waals surface area contributed by atoms with Gasteiger partial charge >= 0.3 is 0 Å². The van der Waals surface area contributed by atoms with Gasteiger partial charge in [-0.05, 0) is 49.3 Å². The third-order valence-electron chi connectivity index (χ3n) is 5.18. The Morgan fingerprint density at radius 3 is 2.89 bits per heavy atom. The van der Waals surface area contributed by atoms with Gasteiger partial charge in [-0.3, -0.25) is 4.90 Å². The molecule has 3 unspecified atom stereocenters. The average Bonchev–Trinajstić information content (AvgIpc) is 2.96. The maximum atomic E-state index is 3.57. The van der Waals surface area contributed by atoms with Crippen LogP contribution in [-0.2, 0) is 6.54 Å². The van der Waals surface area contributed by atoms with Gasteiger partial charge in [0.2, 0.25) is 0 Å². The van der Waals surface area contributed by atoms with E-state index in [0.717, 1.165) is 25.0 Å². The fourth-order valence-electron chi connectivity index (χ4n) is 4.33. The van der Waals surface area contributed by atoms with Crippen LogP contribution in [0.1, 0.15) is 42.9 Å². The maximum absolute atomic E-state index is 3.57. The van der Waals surface area contributed by atoms with Crippen molar-refractivity contribution in [1.82, 2.24) is 10.2 Å². The molecule has 1 saturated heterocycles. The first-order valence-electron chi connectivity index (χ1n) is 7.46. The molecule has 0 radical (unpaired) electrons. The van der Waals surface area contributed by atoms with Crippen LogP contribution in [0.15, 0.2) is 24.3 Å². The Bertz CT molecular complexity index is 442. The smallest absolute Gasteiger partial charge is 0.0366 e. The molecule has 1 saturated carbocycles. The Labute approximate surface area is 109 Å². The number of likely N-dealkylation sites (tertiary alicyclic amines) is 1. The molecule has 0 aromatic heterocycles. The van der Waals surface area contributed by atoms with E-state index in [1.54, 1.807) is 5.56 Å². The minimum Gasteiger partial charge on any atom is -0.313 e. The van der Waals surface area contributed by atoms with Gasteiger partial charge in [0.15, 0.2) is 0 Å². The van der Waals surface area contributed by atoms with Crippen LogP contribution in [-0.4, -0.2) is 24.0 Å². The van der Waals surface area contributed by atoms with Gasteiger partial charge in [-0.15, -0.1) is 0 Å². The number of nitrogens with zero attached hydrogens (tertiary/aromatic N) is 1. The quantitative estimate of drug-likeness (QED) is 0.814. The molecule has 2 bridgehead atoms. The standard InChI is InChI=1S/C16H22N2/c1-2-4-15-13(3-1)10-17-8-7-16(15)18-11-12-5-6-14(18)9-12/h1-4,12,14,16-17H,5-11H2. The second kappa shape index (κ2) is 4.36. The van der Waals surface area contributed by atoms with Gasteiger partial charge < -0.3 is 5.32 Å². The Hall–Kier alpha value is -0.860. The number of hydrogen-bond donors (Lipinski definition) is 1. The van der Waals surface area contributed by atoms with Gasteiger partial charge in [0.25, 0.3) is 0 Å². The zero-order valence-corrected chi connectivity index (χ0v) is 10.9. The van der Waals surface area contributed by atoms with Crippen molar-refractivity contribution in [3.05, 3.63) is 35.4 Å². The Morgan fingerprint density at radius 1 is 1.11 bits per heavy atom. The molecule has 18 heavy (non-hydrogen) atoms. The monoisotopic (exact) mass is 242 g/mol. The summed E-state index contributed by atoms with van der Waals surface area (Å²) in [6.45, 7) is 3.56. The van der Waals surface area contributed by atoms with Crippen molar-refractivity contribution < 1.29 is 0 Å². The van der Waals surface area contributed by atoms with E-state index in [1.807, 2.05) is 0 Å². The van der Waals surface area contributed by atoms with Gasteiger partial charge in [0.05, 0.1) is 0 Å². The van der Waals surface area contributed by atoms with Crippen molar-refractivity contribution in [2.45, 2.75) is 44.3 Å². The van der Waals surface area contributed by atoms with Crippen molar-refractivity contribution in [2.75, 3.05) is 13.1 Å². The van der Waals surface area contributed by atoms with E-state index in [1.165, 1.54) is 37.8 Å². The summed E-state index contributed by atoms with van der Waals surface area (Å²) in [6, 6.07) is 10.6. The normalized spacial score (nSPS) is 35.4. The molecule has 2 nitrogen and oxygen atoms in total. The van der Waals surface area contributed by atoms with Crippen LogP contribution in [0.2, 0.25) is 0 Å². The van der Waals surface area contributed by atoms with Gasteiger partial charge in [-0.2, -0.15) is 0 Å². The summed E-state index contributed by atoms with van der Waals surface area (Å²) in [7, 11) is 0. The first-order chi connectivity index (χ1) is 8.92. The van der Waals surface area contributed by atoms with Crippen LogP contribution in [0, 0.1) is 5.92 Å².